The van der Waals surface area contributed by atoms with Gasteiger partial charge in [-0.2, -0.15) is 0 Å². The Bertz CT molecular complexity index is 1100. The average Bonchev–Trinajstić information content (AvgIpc) is 3.21. The number of ether oxygens (including phenoxy) is 3. The third-order valence-corrected chi connectivity index (χ3v) is 6.23. The van der Waals surface area contributed by atoms with Crippen molar-refractivity contribution in [3.05, 3.63) is 40.9 Å². The number of thiazole rings is 1. The Labute approximate surface area is 222 Å². The van der Waals surface area contributed by atoms with E-state index in [4.69, 9.17) is 30.8 Å². The second-order valence-corrected chi connectivity index (χ2v) is 9.27. The lowest BCUT2D eigenvalue weighted by atomic mass is 10.1. The maximum atomic E-state index is 13.8. The van der Waals surface area contributed by atoms with Gasteiger partial charge in [0, 0.05) is 17.1 Å². The van der Waals surface area contributed by atoms with E-state index in [1.54, 1.807) is 23.1 Å². The normalized spacial score (nSPS) is 10.8. The molecule has 1 amide bonds. The van der Waals surface area contributed by atoms with E-state index in [0.717, 1.165) is 23.2 Å². The molecule has 35 heavy (non-hydrogen) atoms. The summed E-state index contributed by atoms with van der Waals surface area (Å²) >= 11 is 7.62. The summed E-state index contributed by atoms with van der Waals surface area (Å²) in [5.41, 5.74) is 1.27. The first-order chi connectivity index (χ1) is 16.4. The monoisotopic (exact) mass is 541 g/mol. The number of anilines is 1. The van der Waals surface area contributed by atoms with Crippen LogP contribution in [0.1, 0.15) is 37.6 Å². The molecule has 0 bridgehead atoms. The number of rotatable bonds is 12. The van der Waals surface area contributed by atoms with Crippen LogP contribution in [0.3, 0.4) is 0 Å². The molecule has 0 fully saturated rings. The summed E-state index contributed by atoms with van der Waals surface area (Å²) in [6.45, 7) is 8.39. The first kappa shape index (κ1) is 29.0. The van der Waals surface area contributed by atoms with Crippen LogP contribution >= 0.6 is 35.3 Å². The van der Waals surface area contributed by atoms with E-state index in [1.807, 2.05) is 47.0 Å². The molecule has 7 nitrogen and oxygen atoms in total. The molecular formula is C25H33Cl2N3O4S. The van der Waals surface area contributed by atoms with Crippen LogP contribution in [0.15, 0.2) is 30.3 Å². The Morgan fingerprint density at radius 2 is 1.60 bits per heavy atom. The molecule has 0 N–H and O–H groups in total. The molecular weight excluding hydrogens is 509 g/mol. The van der Waals surface area contributed by atoms with Crippen molar-refractivity contribution in [2.24, 2.45) is 0 Å². The van der Waals surface area contributed by atoms with E-state index in [0.29, 0.717) is 59.3 Å². The molecule has 0 radical (unpaired) electrons. The minimum atomic E-state index is -0.172. The van der Waals surface area contributed by atoms with Crippen molar-refractivity contribution in [1.82, 2.24) is 9.88 Å². The van der Waals surface area contributed by atoms with Gasteiger partial charge in [-0.3, -0.25) is 9.69 Å². The zero-order valence-corrected chi connectivity index (χ0v) is 23.2. The summed E-state index contributed by atoms with van der Waals surface area (Å²) in [6, 6.07) is 9.00. The van der Waals surface area contributed by atoms with Crippen molar-refractivity contribution in [2.75, 3.05) is 51.9 Å². The van der Waals surface area contributed by atoms with Gasteiger partial charge in [0.05, 0.1) is 30.0 Å². The Morgan fingerprint density at radius 1 is 0.971 bits per heavy atom. The van der Waals surface area contributed by atoms with E-state index in [-0.39, 0.29) is 18.3 Å². The summed E-state index contributed by atoms with van der Waals surface area (Å²) < 4.78 is 18.4. The number of halogens is 2. The Balaban J connectivity index is 0.00000432. The molecule has 0 aliphatic carbocycles. The van der Waals surface area contributed by atoms with Gasteiger partial charge < -0.3 is 19.1 Å². The number of nitrogens with zero attached hydrogens (tertiary/aromatic N) is 3. The molecule has 0 unspecified atom stereocenters. The van der Waals surface area contributed by atoms with Crippen molar-refractivity contribution in [1.29, 1.82) is 0 Å². The van der Waals surface area contributed by atoms with E-state index in [2.05, 4.69) is 4.90 Å². The van der Waals surface area contributed by atoms with Gasteiger partial charge in [-0.15, -0.1) is 12.4 Å². The lowest BCUT2D eigenvalue weighted by molar-refractivity contribution is 0.0985. The summed E-state index contributed by atoms with van der Waals surface area (Å²) in [6.07, 6.45) is 0.795. The van der Waals surface area contributed by atoms with E-state index >= 15 is 0 Å². The number of aromatic nitrogens is 1. The van der Waals surface area contributed by atoms with Gasteiger partial charge in [-0.05, 0) is 78.2 Å². The first-order valence-electron chi connectivity index (χ1n) is 11.5. The number of hydrogen-bond acceptors (Lipinski definition) is 7. The first-order valence-corrected chi connectivity index (χ1v) is 12.7. The van der Waals surface area contributed by atoms with Crippen LogP contribution in [0.2, 0.25) is 5.02 Å². The van der Waals surface area contributed by atoms with Crippen molar-refractivity contribution >= 4 is 56.6 Å². The Hall–Kier alpha value is -2.26. The van der Waals surface area contributed by atoms with Gasteiger partial charge in [0.2, 0.25) is 5.75 Å². The van der Waals surface area contributed by atoms with Gasteiger partial charge in [-0.1, -0.05) is 22.9 Å². The van der Waals surface area contributed by atoms with Gasteiger partial charge in [0.25, 0.3) is 5.91 Å². The third-order valence-electron chi connectivity index (χ3n) is 4.96. The summed E-state index contributed by atoms with van der Waals surface area (Å²) in [4.78, 5) is 22.4. The minimum absolute atomic E-state index is 0. The number of fused-ring (bicyclic) bond motifs is 1. The molecule has 0 spiro atoms. The quantitative estimate of drug-likeness (QED) is 0.273. The number of benzene rings is 2. The minimum Gasteiger partial charge on any atom is -0.490 e. The molecule has 1 aromatic heterocycles. The number of carbonyl (C=O) groups is 1. The highest BCUT2D eigenvalue weighted by Crippen LogP contribution is 2.40. The van der Waals surface area contributed by atoms with Crippen LogP contribution in [0, 0.1) is 0 Å². The Morgan fingerprint density at radius 3 is 2.17 bits per heavy atom. The molecule has 0 aliphatic rings. The molecule has 2 aromatic carbocycles. The fraction of sp³-hybridized carbons (Fsp3) is 0.440. The molecule has 1 heterocycles. The van der Waals surface area contributed by atoms with E-state index < -0.39 is 0 Å². The van der Waals surface area contributed by atoms with Gasteiger partial charge in [0.15, 0.2) is 16.6 Å². The SMILES string of the molecule is CCOc1cc(C(=O)N(CCCN(C)C)c2nc3ccc(Cl)cc3s2)cc(OCC)c1OCC.Cl. The molecule has 10 heteroatoms. The zero-order valence-electron chi connectivity index (χ0n) is 20.8. The van der Waals surface area contributed by atoms with E-state index in [1.165, 1.54) is 11.3 Å². The van der Waals surface area contributed by atoms with Crippen molar-refractivity contribution in [3.8, 4) is 17.2 Å². The number of amides is 1. The van der Waals surface area contributed by atoms with E-state index in [9.17, 15) is 4.79 Å². The fourth-order valence-corrected chi connectivity index (χ4v) is 4.76. The summed E-state index contributed by atoms with van der Waals surface area (Å²) in [5.74, 6) is 1.32. The molecule has 0 atom stereocenters. The lowest BCUT2D eigenvalue weighted by Crippen LogP contribution is -2.33. The van der Waals surface area contributed by atoms with Crippen molar-refractivity contribution < 1.29 is 19.0 Å². The number of hydrogen-bond donors (Lipinski definition) is 0. The largest absolute Gasteiger partial charge is 0.490 e. The van der Waals surface area contributed by atoms with Crippen LogP contribution < -0.4 is 19.1 Å². The standard InChI is InChI=1S/C25H32ClN3O4S.ClH/c1-6-31-20-14-17(15-21(32-7-2)23(20)33-8-3)24(30)29(13-9-12-28(4)5)25-27-19-11-10-18(26)16-22(19)34-25;/h10-11,14-16H,6-9,12-13H2,1-5H3;1H. The summed E-state index contributed by atoms with van der Waals surface area (Å²) in [7, 11) is 4.03. The molecule has 0 aliphatic heterocycles. The van der Waals surface area contributed by atoms with Gasteiger partial charge in [-0.25, -0.2) is 4.98 Å². The van der Waals surface area contributed by atoms with Crippen molar-refractivity contribution in [3.63, 3.8) is 0 Å². The highest BCUT2D eigenvalue weighted by atomic mass is 35.5. The number of carbonyl (C=O) groups excluding carboxylic acids is 1. The average molecular weight is 543 g/mol. The molecule has 3 aromatic rings. The van der Waals surface area contributed by atoms with Gasteiger partial charge >= 0.3 is 0 Å². The Kier molecular flexibility index (Phi) is 11.4. The molecule has 0 saturated heterocycles. The second-order valence-electron chi connectivity index (χ2n) is 7.82. The fourth-order valence-electron chi connectivity index (χ4n) is 3.50. The molecule has 192 valence electrons. The van der Waals surface area contributed by atoms with Crippen LogP contribution in [0.5, 0.6) is 17.2 Å². The van der Waals surface area contributed by atoms with Crippen LogP contribution in [0.4, 0.5) is 5.13 Å². The van der Waals surface area contributed by atoms with Crippen LogP contribution in [-0.4, -0.2) is 62.8 Å². The second kappa shape index (κ2) is 13.7. The third kappa shape index (κ3) is 7.36. The van der Waals surface area contributed by atoms with Crippen LogP contribution in [0.25, 0.3) is 10.2 Å². The predicted molar refractivity (Wildman–Crippen MR) is 147 cm³/mol. The highest BCUT2D eigenvalue weighted by Gasteiger charge is 2.25. The lowest BCUT2D eigenvalue weighted by Gasteiger charge is -2.22. The highest BCUT2D eigenvalue weighted by molar-refractivity contribution is 7.22. The zero-order chi connectivity index (χ0) is 24.7. The van der Waals surface area contributed by atoms with Crippen LogP contribution in [-0.2, 0) is 0 Å². The topological polar surface area (TPSA) is 64.1 Å². The van der Waals surface area contributed by atoms with Gasteiger partial charge in [0.1, 0.15) is 0 Å². The maximum absolute atomic E-state index is 13.8. The predicted octanol–water partition coefficient (Wildman–Crippen LogP) is 6.17. The molecule has 0 saturated carbocycles. The smallest absolute Gasteiger partial charge is 0.260 e. The maximum Gasteiger partial charge on any atom is 0.260 e. The summed E-state index contributed by atoms with van der Waals surface area (Å²) in [5, 5.41) is 1.27. The van der Waals surface area contributed by atoms with Crippen molar-refractivity contribution in [2.45, 2.75) is 27.2 Å². The molecule has 3 rings (SSSR count).